The summed E-state index contributed by atoms with van der Waals surface area (Å²) in [6.45, 7) is 4.14. The van der Waals surface area contributed by atoms with Crippen molar-refractivity contribution in [2.75, 3.05) is 0 Å². The number of hydrogen-bond donors (Lipinski definition) is 1. The third-order valence-electron chi connectivity index (χ3n) is 2.04. The lowest BCUT2D eigenvalue weighted by molar-refractivity contribution is 1.23. The summed E-state index contributed by atoms with van der Waals surface area (Å²) in [6.07, 6.45) is 6.64. The Morgan fingerprint density at radius 1 is 1.38 bits per heavy atom. The second kappa shape index (κ2) is 4.61. The molecule has 0 aliphatic heterocycles. The third-order valence-corrected chi connectivity index (χ3v) is 2.04. The molecular formula is C12H15N. The molecule has 1 aromatic carbocycles. The van der Waals surface area contributed by atoms with Crippen molar-refractivity contribution in [1.29, 1.82) is 5.41 Å². The molecule has 13 heavy (non-hydrogen) atoms. The second-order valence-electron chi connectivity index (χ2n) is 3.03. The van der Waals surface area contributed by atoms with Gasteiger partial charge in [-0.15, -0.1) is 0 Å². The van der Waals surface area contributed by atoms with Crippen LogP contribution in [0, 0.1) is 12.3 Å². The van der Waals surface area contributed by atoms with Gasteiger partial charge in [0, 0.05) is 11.8 Å². The van der Waals surface area contributed by atoms with E-state index in [1.807, 2.05) is 25.1 Å². The highest BCUT2D eigenvalue weighted by atomic mass is 14.3. The van der Waals surface area contributed by atoms with Crippen LogP contribution in [0.15, 0.2) is 24.3 Å². The zero-order chi connectivity index (χ0) is 9.68. The Hall–Kier alpha value is -1.37. The summed E-state index contributed by atoms with van der Waals surface area (Å²) in [5.74, 6) is 0. The van der Waals surface area contributed by atoms with Crippen molar-refractivity contribution in [3.05, 3.63) is 41.0 Å². The average molecular weight is 173 g/mol. The van der Waals surface area contributed by atoms with Crippen molar-refractivity contribution in [2.24, 2.45) is 0 Å². The van der Waals surface area contributed by atoms with Gasteiger partial charge in [0.2, 0.25) is 0 Å². The van der Waals surface area contributed by atoms with Gasteiger partial charge in [-0.2, -0.15) is 0 Å². The Balaban J connectivity index is 3.12. The Labute approximate surface area is 79.6 Å². The largest absolute Gasteiger partial charge is 0.308 e. The van der Waals surface area contributed by atoms with E-state index in [2.05, 4.69) is 19.1 Å². The van der Waals surface area contributed by atoms with E-state index >= 15 is 0 Å². The lowest BCUT2D eigenvalue weighted by atomic mass is 10.0. The first-order chi connectivity index (χ1) is 6.29. The molecule has 1 aromatic rings. The molecule has 0 heterocycles. The number of hydrogen-bond acceptors (Lipinski definition) is 1. The van der Waals surface area contributed by atoms with Crippen LogP contribution in [-0.4, -0.2) is 6.21 Å². The summed E-state index contributed by atoms with van der Waals surface area (Å²) in [7, 11) is 0. The summed E-state index contributed by atoms with van der Waals surface area (Å²) in [5.41, 5.74) is 3.32. The first-order valence-electron chi connectivity index (χ1n) is 4.56. The zero-order valence-corrected chi connectivity index (χ0v) is 8.17. The molecule has 68 valence electrons. The molecule has 0 aliphatic carbocycles. The van der Waals surface area contributed by atoms with E-state index < -0.39 is 0 Å². The molecule has 0 aromatic heterocycles. The number of allylic oxidation sites excluding steroid dienone is 1. The van der Waals surface area contributed by atoms with Crippen LogP contribution < -0.4 is 0 Å². The minimum absolute atomic E-state index is 1.02. The molecule has 0 unspecified atom stereocenters. The molecule has 0 saturated heterocycles. The number of benzene rings is 1. The maximum Gasteiger partial charge on any atom is 0.0259 e. The minimum Gasteiger partial charge on any atom is -0.308 e. The smallest absolute Gasteiger partial charge is 0.0259 e. The van der Waals surface area contributed by atoms with E-state index in [9.17, 15) is 0 Å². The normalized spacial score (nSPS) is 10.6. The van der Waals surface area contributed by atoms with Crippen LogP contribution in [0.5, 0.6) is 0 Å². The first kappa shape index (κ1) is 9.72. The number of nitrogens with one attached hydrogen (secondary N) is 1. The number of aryl methyl sites for hydroxylation is 1. The highest BCUT2D eigenvalue weighted by Gasteiger charge is 1.98. The quantitative estimate of drug-likeness (QED) is 0.677. The van der Waals surface area contributed by atoms with Gasteiger partial charge in [-0.3, -0.25) is 0 Å². The van der Waals surface area contributed by atoms with Crippen molar-refractivity contribution < 1.29 is 0 Å². The summed E-state index contributed by atoms with van der Waals surface area (Å²) in [4.78, 5) is 0. The molecule has 0 amide bonds. The van der Waals surface area contributed by atoms with Gasteiger partial charge in [-0.25, -0.2) is 0 Å². The fourth-order valence-corrected chi connectivity index (χ4v) is 1.29. The maximum atomic E-state index is 7.30. The monoisotopic (exact) mass is 173 g/mol. The van der Waals surface area contributed by atoms with Gasteiger partial charge in [0.15, 0.2) is 0 Å². The van der Waals surface area contributed by atoms with E-state index in [1.54, 1.807) is 0 Å². The molecule has 0 saturated carbocycles. The van der Waals surface area contributed by atoms with Gasteiger partial charge >= 0.3 is 0 Å². The summed E-state index contributed by atoms with van der Waals surface area (Å²) in [6, 6.07) is 6.10. The molecule has 1 heteroatoms. The van der Waals surface area contributed by atoms with Crippen LogP contribution in [0.3, 0.4) is 0 Å². The maximum absolute atomic E-state index is 7.30. The fraction of sp³-hybridized carbons (Fsp3) is 0.250. The molecule has 1 N–H and O–H groups in total. The molecule has 0 spiro atoms. The van der Waals surface area contributed by atoms with Gasteiger partial charge in [0.1, 0.15) is 0 Å². The molecule has 1 rings (SSSR count). The number of rotatable bonds is 3. The van der Waals surface area contributed by atoms with Crippen molar-refractivity contribution in [1.82, 2.24) is 0 Å². The van der Waals surface area contributed by atoms with Crippen molar-refractivity contribution in [3.63, 3.8) is 0 Å². The lowest BCUT2D eigenvalue weighted by Gasteiger charge is -2.03. The summed E-state index contributed by atoms with van der Waals surface area (Å²) >= 11 is 0. The van der Waals surface area contributed by atoms with E-state index in [-0.39, 0.29) is 0 Å². The molecule has 0 aliphatic rings. The Bertz CT molecular complexity index is 324. The topological polar surface area (TPSA) is 23.9 Å². The molecule has 0 bridgehead atoms. The van der Waals surface area contributed by atoms with Gasteiger partial charge < -0.3 is 5.41 Å². The molecular weight excluding hydrogens is 158 g/mol. The van der Waals surface area contributed by atoms with Crippen LogP contribution in [-0.2, 0) is 0 Å². The Kier molecular flexibility index (Phi) is 3.44. The van der Waals surface area contributed by atoms with Crippen LogP contribution in [0.2, 0.25) is 0 Å². The van der Waals surface area contributed by atoms with Gasteiger partial charge in [-0.1, -0.05) is 37.3 Å². The molecule has 0 fully saturated rings. The van der Waals surface area contributed by atoms with E-state index in [1.165, 1.54) is 6.21 Å². The predicted molar refractivity (Wildman–Crippen MR) is 58.4 cm³/mol. The Morgan fingerprint density at radius 3 is 2.77 bits per heavy atom. The van der Waals surface area contributed by atoms with Crippen LogP contribution in [0.1, 0.15) is 30.0 Å². The zero-order valence-electron chi connectivity index (χ0n) is 8.17. The van der Waals surface area contributed by atoms with Crippen LogP contribution in [0.4, 0.5) is 0 Å². The highest BCUT2D eigenvalue weighted by Crippen LogP contribution is 2.13. The fourth-order valence-electron chi connectivity index (χ4n) is 1.29. The SMILES string of the molecule is CC/C=C\c1cccc(C)c1C=N. The highest BCUT2D eigenvalue weighted by molar-refractivity contribution is 5.85. The summed E-state index contributed by atoms with van der Waals surface area (Å²) < 4.78 is 0. The van der Waals surface area contributed by atoms with E-state index in [0.29, 0.717) is 0 Å². The summed E-state index contributed by atoms with van der Waals surface area (Å²) in [5, 5.41) is 7.30. The second-order valence-corrected chi connectivity index (χ2v) is 3.03. The molecule has 0 radical (unpaired) electrons. The van der Waals surface area contributed by atoms with E-state index in [0.717, 1.165) is 23.1 Å². The van der Waals surface area contributed by atoms with Gasteiger partial charge in [0.05, 0.1) is 0 Å². The van der Waals surface area contributed by atoms with Gasteiger partial charge in [-0.05, 0) is 24.5 Å². The molecule has 1 nitrogen and oxygen atoms in total. The van der Waals surface area contributed by atoms with Crippen LogP contribution in [0.25, 0.3) is 6.08 Å². The predicted octanol–water partition coefficient (Wildman–Crippen LogP) is 3.42. The van der Waals surface area contributed by atoms with Crippen LogP contribution >= 0.6 is 0 Å². The molecule has 0 atom stereocenters. The first-order valence-corrected chi connectivity index (χ1v) is 4.56. The third kappa shape index (κ3) is 2.28. The van der Waals surface area contributed by atoms with Crippen molar-refractivity contribution >= 4 is 12.3 Å². The minimum atomic E-state index is 1.02. The van der Waals surface area contributed by atoms with E-state index in [4.69, 9.17) is 5.41 Å². The Morgan fingerprint density at radius 2 is 2.15 bits per heavy atom. The van der Waals surface area contributed by atoms with Crippen molar-refractivity contribution in [2.45, 2.75) is 20.3 Å². The van der Waals surface area contributed by atoms with Crippen molar-refractivity contribution in [3.8, 4) is 0 Å². The van der Waals surface area contributed by atoms with Gasteiger partial charge in [0.25, 0.3) is 0 Å². The average Bonchev–Trinajstić information content (AvgIpc) is 2.15. The lowest BCUT2D eigenvalue weighted by Crippen LogP contribution is -1.89. The standard InChI is InChI=1S/C12H15N/c1-3-4-7-11-8-5-6-10(2)12(11)9-13/h4-9,13H,3H2,1-2H3/b7-4-,13-9?.